The third-order valence-corrected chi connectivity index (χ3v) is 8.34. The number of likely N-dealkylation sites (tertiary alicyclic amines) is 1. The predicted octanol–water partition coefficient (Wildman–Crippen LogP) is 6.14. The Balaban J connectivity index is 1.11. The maximum Gasteiger partial charge on any atom is 0.306 e. The molecule has 194 valence electrons. The van der Waals surface area contributed by atoms with E-state index >= 15 is 0 Å². The average Bonchev–Trinajstić information content (AvgIpc) is 3.77. The zero-order chi connectivity index (χ0) is 25.3. The van der Waals surface area contributed by atoms with Crippen LogP contribution in [0.15, 0.2) is 54.6 Å². The van der Waals surface area contributed by atoms with E-state index in [-0.39, 0.29) is 0 Å². The molecular formula is C31H35N6O+. The maximum absolute atomic E-state index is 6.10. The molecule has 1 saturated carbocycles. The van der Waals surface area contributed by atoms with Crippen LogP contribution in [0.25, 0.3) is 44.3 Å². The highest BCUT2D eigenvalue weighted by molar-refractivity contribution is 5.97. The number of nitrogens with zero attached hydrogens (tertiary/aromatic N) is 3. The van der Waals surface area contributed by atoms with E-state index in [0.717, 1.165) is 77.3 Å². The van der Waals surface area contributed by atoms with Crippen molar-refractivity contribution in [3.63, 3.8) is 0 Å². The third kappa shape index (κ3) is 4.78. The minimum absolute atomic E-state index is 0.809. The van der Waals surface area contributed by atoms with Gasteiger partial charge in [-0.2, -0.15) is 5.10 Å². The standard InChI is InChI=1S/C31H34N6O/c1-2-6-21(5-1)13-16-38-26-11-9-22-17-24(8-7-23(22)18-26)30-27-19-25(10-12-28(27)33-35-30)31-32-29(34-36-31)20-37-14-3-4-15-37/h7-12,17-19,21H,1-6,13-16,20H2,(H,33,35)(H,32,34,36)/p+1. The van der Waals surface area contributed by atoms with E-state index in [0.29, 0.717) is 0 Å². The summed E-state index contributed by atoms with van der Waals surface area (Å²) in [5.74, 6) is 3.71. The number of hydrogen-bond donors (Lipinski definition) is 2. The van der Waals surface area contributed by atoms with Gasteiger partial charge in [0.1, 0.15) is 5.75 Å². The molecule has 2 aromatic heterocycles. The quantitative estimate of drug-likeness (QED) is 0.264. The van der Waals surface area contributed by atoms with Gasteiger partial charge in [0.2, 0.25) is 5.82 Å². The Morgan fingerprint density at radius 1 is 0.842 bits per heavy atom. The lowest BCUT2D eigenvalue weighted by Gasteiger charge is -2.11. The van der Waals surface area contributed by atoms with Crippen molar-refractivity contribution in [3.8, 4) is 28.4 Å². The van der Waals surface area contributed by atoms with Gasteiger partial charge in [-0.15, -0.1) is 5.10 Å². The van der Waals surface area contributed by atoms with Gasteiger partial charge in [0, 0.05) is 16.0 Å². The van der Waals surface area contributed by atoms with Gasteiger partial charge in [-0.05, 0) is 85.4 Å². The summed E-state index contributed by atoms with van der Waals surface area (Å²) in [6.45, 7) is 4.01. The molecule has 7 rings (SSSR count). The summed E-state index contributed by atoms with van der Waals surface area (Å²) in [5.41, 5.74) is 4.11. The fourth-order valence-corrected chi connectivity index (χ4v) is 6.18. The van der Waals surface area contributed by atoms with E-state index in [1.165, 1.54) is 55.7 Å². The Labute approximate surface area is 222 Å². The third-order valence-electron chi connectivity index (χ3n) is 8.34. The maximum atomic E-state index is 6.10. The summed E-state index contributed by atoms with van der Waals surface area (Å²) >= 11 is 0. The Morgan fingerprint density at radius 2 is 1.66 bits per heavy atom. The van der Waals surface area contributed by atoms with Gasteiger partial charge in [-0.25, -0.2) is 4.98 Å². The van der Waals surface area contributed by atoms with E-state index in [9.17, 15) is 0 Å². The number of rotatable bonds is 8. The molecule has 3 heterocycles. The van der Waals surface area contributed by atoms with Crippen LogP contribution in [0, 0.1) is 5.92 Å². The fraction of sp³-hybridized carbons (Fsp3) is 0.387. The SMILES string of the molecule is c1cc2cc(-c3n[nH]c4ccc(-c5n[nH]c(CN6CCCC6)[nH+]5)cc34)ccc2cc1OCCC1CCCC1. The van der Waals surface area contributed by atoms with Gasteiger partial charge in [-0.3, -0.25) is 10.00 Å². The molecule has 5 aromatic rings. The van der Waals surface area contributed by atoms with Crippen molar-refractivity contribution >= 4 is 21.7 Å². The first-order valence-electron chi connectivity index (χ1n) is 14.1. The number of H-pyrrole nitrogens is 3. The number of hydrogen-bond acceptors (Lipinski definition) is 4. The average molecular weight is 508 g/mol. The molecule has 1 saturated heterocycles. The predicted molar refractivity (Wildman–Crippen MR) is 150 cm³/mol. The van der Waals surface area contributed by atoms with E-state index in [2.05, 4.69) is 84.9 Å². The molecule has 0 amide bonds. The van der Waals surface area contributed by atoms with Gasteiger partial charge in [0.15, 0.2) is 0 Å². The number of aromatic amines is 3. The lowest BCUT2D eigenvalue weighted by atomic mass is 10.0. The second kappa shape index (κ2) is 10.2. The van der Waals surface area contributed by atoms with Gasteiger partial charge >= 0.3 is 5.82 Å². The molecule has 3 aromatic carbocycles. The van der Waals surface area contributed by atoms with Gasteiger partial charge in [-0.1, -0.05) is 43.9 Å². The van der Waals surface area contributed by atoms with Crippen molar-refractivity contribution in [2.24, 2.45) is 5.92 Å². The Hall–Kier alpha value is -3.71. The van der Waals surface area contributed by atoms with Crippen LogP contribution in [0.3, 0.4) is 0 Å². The molecule has 38 heavy (non-hydrogen) atoms. The van der Waals surface area contributed by atoms with Crippen LogP contribution in [0.2, 0.25) is 0 Å². The van der Waals surface area contributed by atoms with Crippen LogP contribution in [0.5, 0.6) is 5.75 Å². The number of ether oxygens (including phenoxy) is 1. The summed E-state index contributed by atoms with van der Waals surface area (Å²) < 4.78 is 6.10. The van der Waals surface area contributed by atoms with Crippen molar-refractivity contribution in [1.82, 2.24) is 25.3 Å². The minimum Gasteiger partial charge on any atom is -0.494 e. The van der Waals surface area contributed by atoms with E-state index in [4.69, 9.17) is 4.74 Å². The monoisotopic (exact) mass is 507 g/mol. The first-order valence-corrected chi connectivity index (χ1v) is 14.1. The van der Waals surface area contributed by atoms with Crippen LogP contribution in [-0.2, 0) is 6.54 Å². The highest BCUT2D eigenvalue weighted by Gasteiger charge is 2.20. The van der Waals surface area contributed by atoms with Crippen LogP contribution in [0.4, 0.5) is 0 Å². The molecule has 1 aliphatic carbocycles. The van der Waals surface area contributed by atoms with Crippen molar-refractivity contribution in [1.29, 1.82) is 0 Å². The molecule has 0 radical (unpaired) electrons. The first-order chi connectivity index (χ1) is 18.8. The molecule has 7 nitrogen and oxygen atoms in total. The summed E-state index contributed by atoms with van der Waals surface area (Å²) in [7, 11) is 0. The van der Waals surface area contributed by atoms with Gasteiger partial charge < -0.3 is 4.74 Å². The number of nitrogens with one attached hydrogen (secondary N) is 3. The Bertz CT molecular complexity index is 1560. The van der Waals surface area contributed by atoms with E-state index < -0.39 is 0 Å². The molecule has 3 N–H and O–H groups in total. The Morgan fingerprint density at radius 3 is 2.55 bits per heavy atom. The van der Waals surface area contributed by atoms with Gasteiger partial charge in [0.05, 0.1) is 29.9 Å². The smallest absolute Gasteiger partial charge is 0.306 e. The second-order valence-electron chi connectivity index (χ2n) is 11.0. The van der Waals surface area contributed by atoms with Crippen molar-refractivity contribution in [2.75, 3.05) is 19.7 Å². The van der Waals surface area contributed by atoms with Crippen LogP contribution in [-0.4, -0.2) is 45.0 Å². The Kier molecular flexibility index (Phi) is 6.29. The zero-order valence-corrected chi connectivity index (χ0v) is 21.8. The van der Waals surface area contributed by atoms with Crippen molar-refractivity contribution in [3.05, 3.63) is 60.4 Å². The number of fused-ring (bicyclic) bond motifs is 2. The number of benzene rings is 3. The zero-order valence-electron chi connectivity index (χ0n) is 21.8. The molecule has 2 fully saturated rings. The molecule has 7 heteroatoms. The topological polar surface area (TPSA) is 84.0 Å². The van der Waals surface area contributed by atoms with Crippen LogP contribution < -0.4 is 9.72 Å². The molecular weight excluding hydrogens is 472 g/mol. The normalized spacial score (nSPS) is 16.7. The number of aromatic nitrogens is 5. The fourth-order valence-electron chi connectivity index (χ4n) is 6.18. The van der Waals surface area contributed by atoms with Crippen molar-refractivity contribution < 1.29 is 9.72 Å². The van der Waals surface area contributed by atoms with E-state index in [1.807, 2.05) is 0 Å². The van der Waals surface area contributed by atoms with Crippen LogP contribution >= 0.6 is 0 Å². The molecule has 0 unspecified atom stereocenters. The first kappa shape index (κ1) is 23.4. The molecule has 2 aliphatic rings. The second-order valence-corrected chi connectivity index (χ2v) is 11.0. The highest BCUT2D eigenvalue weighted by Crippen LogP contribution is 2.32. The summed E-state index contributed by atoms with van der Waals surface area (Å²) in [5, 5.41) is 19.1. The van der Waals surface area contributed by atoms with Crippen molar-refractivity contribution in [2.45, 2.75) is 51.5 Å². The summed E-state index contributed by atoms with van der Waals surface area (Å²) in [4.78, 5) is 5.94. The van der Waals surface area contributed by atoms with E-state index in [1.54, 1.807) is 0 Å². The largest absolute Gasteiger partial charge is 0.494 e. The minimum atomic E-state index is 0.809. The lowest BCUT2D eigenvalue weighted by Crippen LogP contribution is -2.23. The summed E-state index contributed by atoms with van der Waals surface area (Å²) in [6, 6.07) is 19.3. The molecule has 0 bridgehead atoms. The molecule has 1 aliphatic heterocycles. The summed E-state index contributed by atoms with van der Waals surface area (Å²) in [6.07, 6.45) is 9.24. The molecule has 0 spiro atoms. The van der Waals surface area contributed by atoms with Gasteiger partial charge in [0.25, 0.3) is 0 Å². The molecule has 0 atom stereocenters. The lowest BCUT2D eigenvalue weighted by molar-refractivity contribution is -0.379. The van der Waals surface area contributed by atoms with Crippen LogP contribution in [0.1, 0.15) is 50.8 Å². The highest BCUT2D eigenvalue weighted by atomic mass is 16.5.